The Bertz CT molecular complexity index is 925. The number of hydrogen-bond acceptors (Lipinski definition) is 5. The third-order valence-corrected chi connectivity index (χ3v) is 6.95. The first-order valence-electron chi connectivity index (χ1n) is 7.31. The molecule has 1 N–H and O–H groups in total. The Labute approximate surface area is 163 Å². The van der Waals surface area contributed by atoms with Crippen LogP contribution in [-0.2, 0) is 6.54 Å². The molecule has 3 rings (SSSR count). The highest BCUT2D eigenvalue weighted by molar-refractivity contribution is 8.00. The van der Waals surface area contributed by atoms with Gasteiger partial charge in [-0.1, -0.05) is 29.8 Å². The summed E-state index contributed by atoms with van der Waals surface area (Å²) in [5.74, 6) is -0.167. The van der Waals surface area contributed by atoms with E-state index in [-0.39, 0.29) is 5.91 Å². The van der Waals surface area contributed by atoms with Crippen LogP contribution in [0.15, 0.2) is 46.0 Å². The van der Waals surface area contributed by atoms with Crippen LogP contribution in [0, 0.1) is 11.3 Å². The molecule has 0 radical (unpaired) electrons. The molecule has 0 saturated carbocycles. The molecule has 126 valence electrons. The highest BCUT2D eigenvalue weighted by Crippen LogP contribution is 2.41. The number of thioether (sulfide) groups is 1. The molecule has 7 heteroatoms. The summed E-state index contributed by atoms with van der Waals surface area (Å²) >= 11 is 10.4. The molecule has 0 saturated heterocycles. The molecule has 0 bridgehead atoms. The minimum atomic E-state index is -0.167. The first kappa shape index (κ1) is 18.0. The second-order valence-corrected chi connectivity index (χ2v) is 8.62. The van der Waals surface area contributed by atoms with Gasteiger partial charge < -0.3 is 5.32 Å². The predicted molar refractivity (Wildman–Crippen MR) is 107 cm³/mol. The van der Waals surface area contributed by atoms with Crippen LogP contribution in [-0.4, -0.2) is 12.2 Å². The van der Waals surface area contributed by atoms with Gasteiger partial charge in [-0.2, -0.15) is 5.26 Å². The first-order chi connectivity index (χ1) is 12.1. The molecule has 0 fully saturated rings. The van der Waals surface area contributed by atoms with Crippen LogP contribution < -0.4 is 5.32 Å². The maximum atomic E-state index is 12.8. The lowest BCUT2D eigenvalue weighted by atomic mass is 10.0. The van der Waals surface area contributed by atoms with Crippen molar-refractivity contribution < 1.29 is 4.79 Å². The van der Waals surface area contributed by atoms with Crippen molar-refractivity contribution >= 4 is 51.9 Å². The van der Waals surface area contributed by atoms with Gasteiger partial charge in [0, 0.05) is 15.5 Å². The van der Waals surface area contributed by atoms with E-state index in [1.165, 1.54) is 23.1 Å². The molecule has 1 amide bonds. The van der Waals surface area contributed by atoms with E-state index in [4.69, 9.17) is 11.6 Å². The summed E-state index contributed by atoms with van der Waals surface area (Å²) in [7, 11) is 0. The Morgan fingerprint density at radius 1 is 1.32 bits per heavy atom. The first-order valence-corrected chi connectivity index (χ1v) is 10.6. The predicted octanol–water partition coefficient (Wildman–Crippen LogP) is 5.65. The van der Waals surface area contributed by atoms with Gasteiger partial charge in [-0.25, -0.2) is 0 Å². The number of carbonyl (C=O) groups is 1. The van der Waals surface area contributed by atoms with Gasteiger partial charge in [0.05, 0.1) is 16.3 Å². The zero-order valence-electron chi connectivity index (χ0n) is 13.2. The van der Waals surface area contributed by atoms with Crippen LogP contribution in [0.1, 0.15) is 20.1 Å². The van der Waals surface area contributed by atoms with Crippen molar-refractivity contribution in [3.05, 3.63) is 62.1 Å². The number of rotatable bonds is 5. The number of hydrogen-bond donors (Lipinski definition) is 1. The van der Waals surface area contributed by atoms with Crippen molar-refractivity contribution in [3.63, 3.8) is 0 Å². The number of carbonyl (C=O) groups excluding carboxylic acids is 1. The van der Waals surface area contributed by atoms with Crippen molar-refractivity contribution in [2.24, 2.45) is 0 Å². The molecular weight excluding hydrogens is 392 g/mol. The van der Waals surface area contributed by atoms with Crippen LogP contribution in [0.5, 0.6) is 0 Å². The molecule has 0 unspecified atom stereocenters. The lowest BCUT2D eigenvalue weighted by Crippen LogP contribution is -2.21. The molecular formula is C18H13ClN2OS3. The fraction of sp³-hybridized carbons (Fsp3) is 0.111. The van der Waals surface area contributed by atoms with Crippen molar-refractivity contribution in [2.45, 2.75) is 10.8 Å². The number of thiophene rings is 2. The summed E-state index contributed by atoms with van der Waals surface area (Å²) in [6, 6.07) is 13.4. The Balaban J connectivity index is 2.00. The fourth-order valence-electron chi connectivity index (χ4n) is 2.37. The molecule has 0 aliphatic rings. The third-order valence-electron chi connectivity index (χ3n) is 3.52. The maximum Gasteiger partial charge on any atom is 0.262 e. The topological polar surface area (TPSA) is 52.9 Å². The van der Waals surface area contributed by atoms with E-state index in [1.807, 2.05) is 35.9 Å². The molecule has 0 aliphatic carbocycles. The highest BCUT2D eigenvalue weighted by atomic mass is 35.5. The number of halogens is 1. The largest absolute Gasteiger partial charge is 0.346 e. The van der Waals surface area contributed by atoms with Crippen LogP contribution in [0.3, 0.4) is 0 Å². The van der Waals surface area contributed by atoms with E-state index in [2.05, 4.69) is 11.4 Å². The van der Waals surface area contributed by atoms with Crippen LogP contribution in [0.25, 0.3) is 11.1 Å². The van der Waals surface area contributed by atoms with Gasteiger partial charge in [-0.05, 0) is 35.4 Å². The summed E-state index contributed by atoms with van der Waals surface area (Å²) in [5.41, 5.74) is 2.04. The lowest BCUT2D eigenvalue weighted by molar-refractivity contribution is 0.0956. The minimum Gasteiger partial charge on any atom is -0.346 e. The van der Waals surface area contributed by atoms with E-state index in [1.54, 1.807) is 23.5 Å². The summed E-state index contributed by atoms with van der Waals surface area (Å²) in [4.78, 5) is 14.4. The van der Waals surface area contributed by atoms with E-state index >= 15 is 0 Å². The lowest BCUT2D eigenvalue weighted by Gasteiger charge is -2.06. The molecule has 0 aliphatic heterocycles. The second kappa shape index (κ2) is 8.07. The highest BCUT2D eigenvalue weighted by Gasteiger charge is 2.23. The van der Waals surface area contributed by atoms with Crippen LogP contribution in [0.4, 0.5) is 0 Å². The number of benzene rings is 1. The Hall–Kier alpha value is -1.78. The fourth-order valence-corrected chi connectivity index (χ4v) is 5.00. The van der Waals surface area contributed by atoms with Crippen LogP contribution in [0.2, 0.25) is 5.02 Å². The summed E-state index contributed by atoms with van der Waals surface area (Å²) in [5, 5.41) is 15.2. The minimum absolute atomic E-state index is 0.167. The monoisotopic (exact) mass is 404 g/mol. The average molecular weight is 405 g/mol. The van der Waals surface area contributed by atoms with Crippen molar-refractivity contribution in [1.29, 1.82) is 5.26 Å². The summed E-state index contributed by atoms with van der Waals surface area (Å²) in [6.07, 6.45) is 1.91. The number of amides is 1. The van der Waals surface area contributed by atoms with Gasteiger partial charge in [0.1, 0.15) is 10.9 Å². The standard InChI is InChI=1S/C18H13ClN2OS3/c1-23-18-14(9-20)15(11-4-6-12(19)7-5-11)16(25-18)17(22)21-10-13-3-2-8-24-13/h2-8H,10H2,1H3,(H,21,22). The van der Waals surface area contributed by atoms with E-state index in [0.29, 0.717) is 27.6 Å². The Morgan fingerprint density at radius 2 is 2.08 bits per heavy atom. The van der Waals surface area contributed by atoms with Gasteiger partial charge >= 0.3 is 0 Å². The van der Waals surface area contributed by atoms with Gasteiger partial charge in [-0.15, -0.1) is 34.4 Å². The summed E-state index contributed by atoms with van der Waals surface area (Å²) in [6.45, 7) is 0.477. The second-order valence-electron chi connectivity index (χ2n) is 5.05. The normalized spacial score (nSPS) is 10.4. The molecule has 2 aromatic heterocycles. The number of nitrogens with zero attached hydrogens (tertiary/aromatic N) is 1. The SMILES string of the molecule is CSc1sc(C(=O)NCc2cccs2)c(-c2ccc(Cl)cc2)c1C#N. The molecule has 3 nitrogen and oxygen atoms in total. The number of nitrogens with one attached hydrogen (secondary N) is 1. The van der Waals surface area contributed by atoms with Gasteiger partial charge in [0.15, 0.2) is 0 Å². The zero-order chi connectivity index (χ0) is 17.8. The Morgan fingerprint density at radius 3 is 2.68 bits per heavy atom. The quantitative estimate of drug-likeness (QED) is 0.558. The van der Waals surface area contributed by atoms with Gasteiger partial charge in [0.25, 0.3) is 5.91 Å². The van der Waals surface area contributed by atoms with Crippen LogP contribution >= 0.6 is 46.0 Å². The maximum absolute atomic E-state index is 12.8. The van der Waals surface area contributed by atoms with Crippen molar-refractivity contribution in [3.8, 4) is 17.2 Å². The van der Waals surface area contributed by atoms with E-state index in [0.717, 1.165) is 14.6 Å². The van der Waals surface area contributed by atoms with Crippen molar-refractivity contribution in [1.82, 2.24) is 5.32 Å². The molecule has 0 spiro atoms. The van der Waals surface area contributed by atoms with Crippen molar-refractivity contribution in [2.75, 3.05) is 6.26 Å². The molecule has 25 heavy (non-hydrogen) atoms. The van der Waals surface area contributed by atoms with E-state index < -0.39 is 0 Å². The molecule has 0 atom stereocenters. The smallest absolute Gasteiger partial charge is 0.262 e. The van der Waals surface area contributed by atoms with Gasteiger partial charge in [-0.3, -0.25) is 4.79 Å². The average Bonchev–Trinajstić information content (AvgIpc) is 3.27. The Kier molecular flexibility index (Phi) is 5.82. The van der Waals surface area contributed by atoms with E-state index in [9.17, 15) is 10.1 Å². The number of nitriles is 1. The molecule has 3 aromatic rings. The summed E-state index contributed by atoms with van der Waals surface area (Å²) < 4.78 is 0.841. The third kappa shape index (κ3) is 3.91. The molecule has 2 heterocycles. The molecule has 1 aromatic carbocycles. The van der Waals surface area contributed by atoms with Gasteiger partial charge in [0.2, 0.25) is 0 Å². The zero-order valence-corrected chi connectivity index (χ0v) is 16.4.